The summed E-state index contributed by atoms with van der Waals surface area (Å²) < 4.78 is 0. The van der Waals surface area contributed by atoms with Gasteiger partial charge >= 0.3 is 0 Å². The van der Waals surface area contributed by atoms with Crippen molar-refractivity contribution in [1.29, 1.82) is 0 Å². The normalized spacial score (nSPS) is 25.8. The van der Waals surface area contributed by atoms with Crippen LogP contribution in [0.5, 0.6) is 5.75 Å². The van der Waals surface area contributed by atoms with E-state index in [1.54, 1.807) is 24.3 Å². The van der Waals surface area contributed by atoms with E-state index in [2.05, 4.69) is 40.4 Å². The first-order chi connectivity index (χ1) is 24.8. The van der Waals surface area contributed by atoms with E-state index in [-0.39, 0.29) is 24.5 Å². The molecule has 9 rings (SSSR count). The molecule has 0 radical (unpaired) electrons. The number of hydrogen-bond donors (Lipinski definition) is 3. The van der Waals surface area contributed by atoms with Gasteiger partial charge < -0.3 is 20.2 Å². The molecule has 7 heterocycles. The Balaban J connectivity index is 0.799. The Morgan fingerprint density at radius 1 is 0.725 bits per heavy atom. The minimum absolute atomic E-state index is 0.102. The highest BCUT2D eigenvalue weighted by molar-refractivity contribution is 6.23. The van der Waals surface area contributed by atoms with Crippen molar-refractivity contribution in [1.82, 2.24) is 30.2 Å². The van der Waals surface area contributed by atoms with Gasteiger partial charge in [-0.3, -0.25) is 39.2 Å². The lowest BCUT2D eigenvalue weighted by Gasteiger charge is -2.49. The zero-order valence-electron chi connectivity index (χ0n) is 28.3. The summed E-state index contributed by atoms with van der Waals surface area (Å²) in [6, 6.07) is 15.0. The van der Waals surface area contributed by atoms with E-state index in [9.17, 15) is 24.3 Å². The second kappa shape index (κ2) is 12.6. The molecule has 264 valence electrons. The van der Waals surface area contributed by atoms with Crippen LogP contribution in [0.4, 0.5) is 17.2 Å². The maximum atomic E-state index is 13.4. The lowest BCUT2D eigenvalue weighted by molar-refractivity contribution is -0.136. The number of carbonyl (C=O) groups excluding carboxylic acids is 4. The number of hydrogen-bond acceptors (Lipinski definition) is 12. The van der Waals surface area contributed by atoms with Crippen molar-refractivity contribution < 1.29 is 24.3 Å². The third kappa shape index (κ3) is 5.57. The highest BCUT2D eigenvalue weighted by Crippen LogP contribution is 2.37. The topological polar surface area (TPSA) is 155 Å². The molecule has 3 atom stereocenters. The number of benzene rings is 2. The number of aromatic hydroxyl groups is 1. The number of nitrogens with zero attached hydrogens (tertiary/aromatic N) is 7. The third-order valence-electron chi connectivity index (χ3n) is 11.8. The van der Waals surface area contributed by atoms with E-state index in [0.29, 0.717) is 40.5 Å². The summed E-state index contributed by atoms with van der Waals surface area (Å²) in [6.07, 6.45) is 3.54. The molecule has 2 aromatic carbocycles. The summed E-state index contributed by atoms with van der Waals surface area (Å²) in [5.41, 5.74) is 3.95. The first-order valence-electron chi connectivity index (χ1n) is 18.1. The molecule has 3 N–H and O–H groups in total. The number of nitrogens with one attached hydrogen (secondary N) is 2. The van der Waals surface area contributed by atoms with E-state index < -0.39 is 23.8 Å². The largest absolute Gasteiger partial charge is 0.507 e. The van der Waals surface area contributed by atoms with Gasteiger partial charge in [0.1, 0.15) is 11.8 Å². The number of amides is 4. The van der Waals surface area contributed by atoms with E-state index in [4.69, 9.17) is 0 Å². The van der Waals surface area contributed by atoms with Gasteiger partial charge in [-0.2, -0.15) is 0 Å². The Labute approximate surface area is 295 Å². The van der Waals surface area contributed by atoms with Crippen LogP contribution < -0.4 is 20.4 Å². The molecule has 0 saturated carbocycles. The molecule has 6 aliphatic heterocycles. The molecule has 4 amide bonds. The fourth-order valence-electron chi connectivity index (χ4n) is 9.01. The lowest BCUT2D eigenvalue weighted by Crippen LogP contribution is -2.61. The quantitative estimate of drug-likeness (QED) is 0.335. The van der Waals surface area contributed by atoms with E-state index in [1.807, 2.05) is 24.3 Å². The monoisotopic (exact) mass is 691 g/mol. The highest BCUT2D eigenvalue weighted by atomic mass is 16.3. The summed E-state index contributed by atoms with van der Waals surface area (Å²) in [4.78, 5) is 61.7. The highest BCUT2D eigenvalue weighted by Gasteiger charge is 2.45. The second-order valence-corrected chi connectivity index (χ2v) is 14.5. The molecule has 4 saturated heterocycles. The summed E-state index contributed by atoms with van der Waals surface area (Å²) in [5.74, 6) is -0.923. The van der Waals surface area contributed by atoms with Crippen LogP contribution in [0.25, 0.3) is 11.3 Å². The molecule has 14 heteroatoms. The van der Waals surface area contributed by atoms with Gasteiger partial charge in [-0.1, -0.05) is 12.1 Å². The molecule has 6 aliphatic rings. The number of imide groups is 2. The van der Waals surface area contributed by atoms with Crippen molar-refractivity contribution in [3.8, 4) is 17.0 Å². The average Bonchev–Trinajstić information content (AvgIpc) is 3.74. The minimum atomic E-state index is -0.961. The maximum Gasteiger partial charge on any atom is 0.262 e. The molecular weight excluding hydrogens is 650 g/mol. The molecule has 14 nitrogen and oxygen atoms in total. The molecule has 51 heavy (non-hydrogen) atoms. The number of fused-ring (bicyclic) bond motifs is 4. The second-order valence-electron chi connectivity index (χ2n) is 14.5. The van der Waals surface area contributed by atoms with E-state index in [0.717, 1.165) is 93.7 Å². The van der Waals surface area contributed by atoms with Gasteiger partial charge in [0.25, 0.3) is 11.8 Å². The fourth-order valence-corrected chi connectivity index (χ4v) is 9.01. The average molecular weight is 692 g/mol. The van der Waals surface area contributed by atoms with E-state index in [1.165, 1.54) is 0 Å². The Hall–Kier alpha value is -5.08. The molecule has 2 unspecified atom stereocenters. The predicted molar refractivity (Wildman–Crippen MR) is 189 cm³/mol. The first kappa shape index (κ1) is 31.9. The summed E-state index contributed by atoms with van der Waals surface area (Å²) in [6.45, 7) is 7.55. The minimum Gasteiger partial charge on any atom is -0.507 e. The molecule has 0 bridgehead atoms. The number of piperidine rings is 2. The number of rotatable bonds is 5. The van der Waals surface area contributed by atoms with Crippen LogP contribution in [0.3, 0.4) is 0 Å². The standard InChI is InChI=1S/C37H41N9O5/c47-32-4-2-1-3-27(32)29-18-31-34(41-40-29)38-19-25-21-44(15-16-45(25)31)22-9-12-42(13-10-22)24-11-14-43(20-24)23-5-6-26-28(17-23)37(51)46(36(26)50)30-7-8-33(48)39-35(30)49/h1-6,17-18,22,24-25,30,47H,7-16,19-21H2,(H,38,41)(H,39,48,49)/t24?,25-,30?/m0/s1. The van der Waals surface area contributed by atoms with Crippen LogP contribution in [-0.4, -0.2) is 130 Å². The molecule has 3 aromatic rings. The fraction of sp³-hybridized carbons (Fsp3) is 0.459. The number of para-hydroxylation sites is 1. The lowest BCUT2D eigenvalue weighted by atomic mass is 9.98. The van der Waals surface area contributed by atoms with Crippen molar-refractivity contribution in [2.45, 2.75) is 56.3 Å². The molecule has 0 spiro atoms. The van der Waals surface area contributed by atoms with Crippen molar-refractivity contribution in [3.05, 3.63) is 59.7 Å². The summed E-state index contributed by atoms with van der Waals surface area (Å²) in [5, 5.41) is 25.0. The van der Waals surface area contributed by atoms with Gasteiger partial charge in [0.05, 0.1) is 28.6 Å². The summed E-state index contributed by atoms with van der Waals surface area (Å²) in [7, 11) is 0. The van der Waals surface area contributed by atoms with Gasteiger partial charge in [0, 0.05) is 69.0 Å². The Kier molecular flexibility index (Phi) is 7.88. The third-order valence-corrected chi connectivity index (χ3v) is 11.8. The van der Waals surface area contributed by atoms with Gasteiger partial charge in [-0.25, -0.2) is 0 Å². The molecule has 1 aromatic heterocycles. The zero-order chi connectivity index (χ0) is 34.8. The number of anilines is 3. The van der Waals surface area contributed by atoms with Crippen molar-refractivity contribution in [2.24, 2.45) is 0 Å². The SMILES string of the molecule is O=C1CCC(N2C(=O)c3ccc(N4CCC(N5CCC(N6CCN7c8cc(-c9ccccc9O)nnc8NC[C@H]7C6)CC5)C4)cc3C2=O)C(=O)N1. The number of phenols is 1. The maximum absolute atomic E-state index is 13.4. The number of carbonyl (C=O) groups is 4. The van der Waals surface area contributed by atoms with Crippen molar-refractivity contribution in [2.75, 3.05) is 67.5 Å². The van der Waals surface area contributed by atoms with Gasteiger partial charge in [0.15, 0.2) is 5.82 Å². The number of piperazine rings is 1. The van der Waals surface area contributed by atoms with Gasteiger partial charge in [-0.15, -0.1) is 10.2 Å². The number of phenolic OH excluding ortho intramolecular Hbond substituents is 1. The Morgan fingerprint density at radius 3 is 2.35 bits per heavy atom. The van der Waals surface area contributed by atoms with Crippen molar-refractivity contribution in [3.63, 3.8) is 0 Å². The van der Waals surface area contributed by atoms with Crippen molar-refractivity contribution >= 4 is 40.8 Å². The first-order valence-corrected chi connectivity index (χ1v) is 18.1. The summed E-state index contributed by atoms with van der Waals surface area (Å²) >= 11 is 0. The predicted octanol–water partition coefficient (Wildman–Crippen LogP) is 1.91. The molecule has 4 fully saturated rings. The molecule has 0 aliphatic carbocycles. The Bertz CT molecular complexity index is 1930. The van der Waals surface area contributed by atoms with E-state index >= 15 is 0 Å². The molecular formula is C37H41N9O5. The van der Waals surface area contributed by atoms with Crippen LogP contribution in [0, 0.1) is 0 Å². The van der Waals surface area contributed by atoms with Gasteiger partial charge in [0.2, 0.25) is 11.8 Å². The van der Waals surface area contributed by atoms with Crippen LogP contribution in [-0.2, 0) is 9.59 Å². The van der Waals surface area contributed by atoms with Crippen LogP contribution in [0.2, 0.25) is 0 Å². The van der Waals surface area contributed by atoms with Crippen LogP contribution >= 0.6 is 0 Å². The Morgan fingerprint density at radius 2 is 1.53 bits per heavy atom. The van der Waals surface area contributed by atoms with Crippen LogP contribution in [0.1, 0.15) is 52.8 Å². The smallest absolute Gasteiger partial charge is 0.262 e. The van der Waals surface area contributed by atoms with Gasteiger partial charge in [-0.05, 0) is 75.2 Å². The zero-order valence-corrected chi connectivity index (χ0v) is 28.3. The van der Waals surface area contributed by atoms with Crippen LogP contribution in [0.15, 0.2) is 48.5 Å². The number of aromatic nitrogens is 2. The number of likely N-dealkylation sites (tertiary alicyclic amines) is 1.